The van der Waals surface area contributed by atoms with Gasteiger partial charge in [-0.05, 0) is 24.6 Å². The van der Waals surface area contributed by atoms with Gasteiger partial charge in [0.2, 0.25) is 5.95 Å². The highest BCUT2D eigenvalue weighted by atomic mass is 16.2. The average molecular weight is 468 g/mol. The summed E-state index contributed by atoms with van der Waals surface area (Å²) in [7, 11) is 0. The van der Waals surface area contributed by atoms with Gasteiger partial charge in [0, 0.05) is 38.3 Å². The normalized spacial score (nSPS) is 13.7. The molecule has 1 fully saturated rings. The van der Waals surface area contributed by atoms with Crippen LogP contribution in [0.25, 0.3) is 11.2 Å². The van der Waals surface area contributed by atoms with E-state index >= 15 is 0 Å². The van der Waals surface area contributed by atoms with Gasteiger partial charge in [-0.1, -0.05) is 54.1 Å². The van der Waals surface area contributed by atoms with E-state index in [1.54, 1.807) is 6.08 Å². The fourth-order valence-electron chi connectivity index (χ4n) is 4.33. The quantitative estimate of drug-likeness (QED) is 0.417. The lowest BCUT2D eigenvalue weighted by molar-refractivity contribution is 0.0746. The molecule has 1 aliphatic heterocycles. The zero-order valence-electron chi connectivity index (χ0n) is 19.9. The van der Waals surface area contributed by atoms with Crippen LogP contribution in [0.15, 0.2) is 73.6 Å². The van der Waals surface area contributed by atoms with Crippen LogP contribution in [-0.4, -0.2) is 63.0 Å². The van der Waals surface area contributed by atoms with Crippen LogP contribution in [0.1, 0.15) is 21.5 Å². The smallest absolute Gasteiger partial charge is 0.253 e. The first-order chi connectivity index (χ1) is 17.1. The van der Waals surface area contributed by atoms with Gasteiger partial charge in [0.1, 0.15) is 0 Å². The highest BCUT2D eigenvalue weighted by Gasteiger charge is 2.25. The minimum absolute atomic E-state index is 0.0685. The van der Waals surface area contributed by atoms with Crippen LogP contribution in [-0.2, 0) is 6.54 Å². The maximum Gasteiger partial charge on any atom is 0.253 e. The summed E-state index contributed by atoms with van der Waals surface area (Å²) in [5, 5.41) is 3.31. The van der Waals surface area contributed by atoms with E-state index in [9.17, 15) is 4.79 Å². The number of aryl methyl sites for hydroxylation is 1. The molecule has 4 aromatic rings. The van der Waals surface area contributed by atoms with Gasteiger partial charge in [0.25, 0.3) is 5.91 Å². The van der Waals surface area contributed by atoms with E-state index < -0.39 is 0 Å². The first kappa shape index (κ1) is 22.6. The summed E-state index contributed by atoms with van der Waals surface area (Å²) in [5.74, 6) is 1.40. The third kappa shape index (κ3) is 4.87. The number of piperazine rings is 1. The number of rotatable bonds is 7. The molecule has 1 N–H and O–H groups in total. The summed E-state index contributed by atoms with van der Waals surface area (Å²) < 4.78 is 2.05. The average Bonchev–Trinajstić information content (AvgIpc) is 3.30. The van der Waals surface area contributed by atoms with E-state index in [1.807, 2.05) is 65.2 Å². The van der Waals surface area contributed by atoms with Gasteiger partial charge in [-0.3, -0.25) is 4.79 Å². The van der Waals surface area contributed by atoms with Gasteiger partial charge in [0.15, 0.2) is 17.0 Å². The molecule has 0 bridgehead atoms. The molecule has 2 aromatic heterocycles. The molecule has 8 nitrogen and oxygen atoms in total. The minimum Gasteiger partial charge on any atom is -0.365 e. The number of hydrogen-bond donors (Lipinski definition) is 1. The summed E-state index contributed by atoms with van der Waals surface area (Å²) in [5.41, 5.74) is 4.51. The number of imidazole rings is 1. The molecule has 0 unspecified atom stereocenters. The lowest BCUT2D eigenvalue weighted by Gasteiger charge is -2.35. The molecular formula is C27H29N7O. The summed E-state index contributed by atoms with van der Waals surface area (Å²) in [6, 6.07) is 18.0. The van der Waals surface area contributed by atoms with E-state index in [2.05, 4.69) is 33.9 Å². The lowest BCUT2D eigenvalue weighted by Crippen LogP contribution is -2.49. The Balaban J connectivity index is 1.39. The molecule has 0 spiro atoms. The SMILES string of the molecule is C=CCNc1nc(N2CCN(C(=O)c3cccc(C)c3)CC2)nc2c1ncn2Cc1ccccc1. The standard InChI is InChI=1S/C27H29N7O/c1-3-12-28-24-23-25(34(19-29-23)18-21-9-5-4-6-10-21)31-27(30-24)33-15-13-32(14-16-33)26(35)22-11-7-8-20(2)17-22/h3-11,17,19H,1,12-16,18H2,2H3,(H,28,30,31). The Labute approximate surface area is 204 Å². The Morgan fingerprint density at radius 1 is 1.06 bits per heavy atom. The number of aromatic nitrogens is 4. The second-order valence-electron chi connectivity index (χ2n) is 8.72. The van der Waals surface area contributed by atoms with E-state index in [4.69, 9.17) is 9.97 Å². The number of fused-ring (bicyclic) bond motifs is 1. The summed E-state index contributed by atoms with van der Waals surface area (Å²) >= 11 is 0. The number of hydrogen-bond acceptors (Lipinski definition) is 6. The third-order valence-corrected chi connectivity index (χ3v) is 6.18. The molecule has 0 atom stereocenters. The van der Waals surface area contributed by atoms with Crippen molar-refractivity contribution < 1.29 is 4.79 Å². The zero-order chi connectivity index (χ0) is 24.2. The van der Waals surface area contributed by atoms with E-state index in [0.717, 1.165) is 22.3 Å². The van der Waals surface area contributed by atoms with E-state index in [1.165, 1.54) is 5.56 Å². The van der Waals surface area contributed by atoms with Crippen molar-refractivity contribution >= 4 is 28.8 Å². The molecule has 5 rings (SSSR count). The Hall–Kier alpha value is -4.20. The van der Waals surface area contributed by atoms with Crippen molar-refractivity contribution in [1.29, 1.82) is 0 Å². The van der Waals surface area contributed by atoms with Crippen LogP contribution in [0.4, 0.5) is 11.8 Å². The fourth-order valence-corrected chi connectivity index (χ4v) is 4.33. The molecule has 3 heterocycles. The molecular weight excluding hydrogens is 438 g/mol. The number of nitrogens with one attached hydrogen (secondary N) is 1. The Bertz CT molecular complexity index is 1340. The molecule has 1 amide bonds. The molecule has 0 aliphatic carbocycles. The molecule has 2 aromatic carbocycles. The Kier molecular flexibility index (Phi) is 6.43. The summed E-state index contributed by atoms with van der Waals surface area (Å²) in [6.07, 6.45) is 3.61. The third-order valence-electron chi connectivity index (χ3n) is 6.18. The van der Waals surface area contributed by atoms with Gasteiger partial charge >= 0.3 is 0 Å². The maximum atomic E-state index is 13.0. The number of nitrogens with zero attached hydrogens (tertiary/aromatic N) is 6. The highest BCUT2D eigenvalue weighted by Crippen LogP contribution is 2.24. The Morgan fingerprint density at radius 2 is 1.86 bits per heavy atom. The molecule has 35 heavy (non-hydrogen) atoms. The van der Waals surface area contributed by atoms with E-state index in [-0.39, 0.29) is 5.91 Å². The first-order valence-electron chi connectivity index (χ1n) is 11.8. The van der Waals surface area contributed by atoms with Crippen molar-refractivity contribution in [2.45, 2.75) is 13.5 Å². The van der Waals surface area contributed by atoms with Crippen molar-refractivity contribution in [2.75, 3.05) is 42.9 Å². The van der Waals surface area contributed by atoms with Crippen molar-refractivity contribution in [3.8, 4) is 0 Å². The van der Waals surface area contributed by atoms with Gasteiger partial charge in [-0.2, -0.15) is 9.97 Å². The molecule has 0 saturated carbocycles. The molecule has 1 saturated heterocycles. The van der Waals surface area contributed by atoms with Crippen LogP contribution in [0.3, 0.4) is 0 Å². The number of carbonyl (C=O) groups is 1. The molecule has 0 radical (unpaired) electrons. The fraction of sp³-hybridized carbons (Fsp3) is 0.259. The van der Waals surface area contributed by atoms with Crippen molar-refractivity contribution in [2.24, 2.45) is 0 Å². The number of anilines is 2. The van der Waals surface area contributed by atoms with Crippen LogP contribution in [0.5, 0.6) is 0 Å². The van der Waals surface area contributed by atoms with Crippen LogP contribution in [0, 0.1) is 6.92 Å². The number of carbonyl (C=O) groups excluding carboxylic acids is 1. The van der Waals surface area contributed by atoms with Gasteiger partial charge in [-0.25, -0.2) is 4.98 Å². The van der Waals surface area contributed by atoms with E-state index in [0.29, 0.717) is 51.0 Å². The predicted octanol–water partition coefficient (Wildman–Crippen LogP) is 3.74. The van der Waals surface area contributed by atoms with Crippen LogP contribution in [0.2, 0.25) is 0 Å². The molecule has 178 valence electrons. The number of benzene rings is 2. The van der Waals surface area contributed by atoms with Crippen molar-refractivity contribution in [1.82, 2.24) is 24.4 Å². The monoisotopic (exact) mass is 467 g/mol. The van der Waals surface area contributed by atoms with Crippen LogP contribution < -0.4 is 10.2 Å². The van der Waals surface area contributed by atoms with Crippen molar-refractivity contribution in [3.05, 3.63) is 90.3 Å². The minimum atomic E-state index is 0.0685. The van der Waals surface area contributed by atoms with Gasteiger partial charge in [-0.15, -0.1) is 6.58 Å². The zero-order valence-corrected chi connectivity index (χ0v) is 19.9. The summed E-state index contributed by atoms with van der Waals surface area (Å²) in [6.45, 7) is 9.62. The molecule has 1 aliphatic rings. The van der Waals surface area contributed by atoms with Gasteiger partial charge in [0.05, 0.1) is 12.9 Å². The second kappa shape index (κ2) is 9.97. The lowest BCUT2D eigenvalue weighted by atomic mass is 10.1. The topological polar surface area (TPSA) is 79.2 Å². The van der Waals surface area contributed by atoms with Crippen LogP contribution >= 0.6 is 0 Å². The highest BCUT2D eigenvalue weighted by molar-refractivity contribution is 5.94. The summed E-state index contributed by atoms with van der Waals surface area (Å²) in [4.78, 5) is 31.3. The second-order valence-corrected chi connectivity index (χ2v) is 8.72. The predicted molar refractivity (Wildman–Crippen MR) is 139 cm³/mol. The number of amides is 1. The Morgan fingerprint density at radius 3 is 2.60 bits per heavy atom. The first-order valence-corrected chi connectivity index (χ1v) is 11.8. The maximum absolute atomic E-state index is 13.0. The largest absolute Gasteiger partial charge is 0.365 e. The van der Waals surface area contributed by atoms with Gasteiger partial charge < -0.3 is 19.7 Å². The van der Waals surface area contributed by atoms with Crippen molar-refractivity contribution in [3.63, 3.8) is 0 Å². The molecule has 8 heteroatoms.